The molecule has 0 aromatic heterocycles. The highest BCUT2D eigenvalue weighted by Crippen LogP contribution is 2.44. The molecule has 2 aromatic carbocycles. The van der Waals surface area contributed by atoms with Crippen molar-refractivity contribution in [2.24, 2.45) is 0 Å². The molecule has 168 valence electrons. The van der Waals surface area contributed by atoms with Crippen molar-refractivity contribution in [2.45, 2.75) is 43.9 Å². The minimum absolute atomic E-state index is 0.0750. The topological polar surface area (TPSA) is 114 Å². The van der Waals surface area contributed by atoms with E-state index in [-0.39, 0.29) is 19.1 Å². The quantitative estimate of drug-likeness (QED) is 0.612. The van der Waals surface area contributed by atoms with Crippen LogP contribution in [0.2, 0.25) is 0 Å². The normalized spacial score (nSPS) is 20.2. The van der Waals surface area contributed by atoms with E-state index in [2.05, 4.69) is 22.8 Å². The minimum atomic E-state index is -1.12. The van der Waals surface area contributed by atoms with Gasteiger partial charge in [-0.3, -0.25) is 4.79 Å². The summed E-state index contributed by atoms with van der Waals surface area (Å²) in [6.07, 6.45) is -1.02. The number of carbonyl (C=O) groups excluding carboxylic acids is 2. The SMILES string of the molecule is CC[C@@H](NC(=O)OCC1c2ccccc2-c2ccccc21)C(=O)NC1CCOC1C(=O)O. The van der Waals surface area contributed by atoms with Gasteiger partial charge in [0.1, 0.15) is 12.6 Å². The molecule has 1 saturated heterocycles. The van der Waals surface area contributed by atoms with Gasteiger partial charge in [0.15, 0.2) is 6.10 Å². The molecule has 3 N–H and O–H groups in total. The summed E-state index contributed by atoms with van der Waals surface area (Å²) in [5.74, 6) is -1.65. The first-order chi connectivity index (χ1) is 15.5. The number of benzene rings is 2. The summed E-state index contributed by atoms with van der Waals surface area (Å²) in [5.41, 5.74) is 4.48. The second-order valence-corrected chi connectivity index (χ2v) is 7.96. The maximum atomic E-state index is 12.6. The van der Waals surface area contributed by atoms with E-state index in [9.17, 15) is 19.5 Å². The Morgan fingerprint density at radius 3 is 2.31 bits per heavy atom. The van der Waals surface area contributed by atoms with Crippen molar-refractivity contribution >= 4 is 18.0 Å². The fourth-order valence-corrected chi connectivity index (χ4v) is 4.40. The van der Waals surface area contributed by atoms with E-state index in [4.69, 9.17) is 9.47 Å². The number of amides is 2. The van der Waals surface area contributed by atoms with E-state index in [1.54, 1.807) is 6.92 Å². The molecule has 2 amide bonds. The van der Waals surface area contributed by atoms with Gasteiger partial charge >= 0.3 is 12.1 Å². The van der Waals surface area contributed by atoms with Crippen LogP contribution in [0.4, 0.5) is 4.79 Å². The lowest BCUT2D eigenvalue weighted by molar-refractivity contribution is -0.148. The van der Waals surface area contributed by atoms with Gasteiger partial charge in [-0.2, -0.15) is 0 Å². The number of carboxylic acid groups (broad SMARTS) is 1. The van der Waals surface area contributed by atoms with Crippen LogP contribution in [0.1, 0.15) is 36.8 Å². The Hall–Kier alpha value is -3.39. The van der Waals surface area contributed by atoms with E-state index in [0.717, 1.165) is 22.3 Å². The summed E-state index contributed by atoms with van der Waals surface area (Å²) in [6.45, 7) is 2.17. The highest BCUT2D eigenvalue weighted by atomic mass is 16.5. The molecule has 1 aliphatic carbocycles. The molecule has 3 atom stereocenters. The molecule has 0 spiro atoms. The second-order valence-electron chi connectivity index (χ2n) is 7.96. The van der Waals surface area contributed by atoms with Gasteiger partial charge in [0.05, 0.1) is 6.04 Å². The molecular weight excluding hydrogens is 412 g/mol. The molecule has 0 saturated carbocycles. The van der Waals surface area contributed by atoms with Gasteiger partial charge in [0, 0.05) is 12.5 Å². The first kappa shape index (κ1) is 21.8. The number of carboxylic acids is 1. The fraction of sp³-hybridized carbons (Fsp3) is 0.375. The molecule has 32 heavy (non-hydrogen) atoms. The van der Waals surface area contributed by atoms with Crippen LogP contribution in [0.5, 0.6) is 0 Å². The predicted molar refractivity (Wildman–Crippen MR) is 116 cm³/mol. The number of hydrogen-bond donors (Lipinski definition) is 3. The Bertz CT molecular complexity index is 978. The first-order valence-electron chi connectivity index (χ1n) is 10.8. The molecule has 4 rings (SSSR count). The molecule has 2 unspecified atom stereocenters. The van der Waals surface area contributed by atoms with Gasteiger partial charge in [-0.15, -0.1) is 0 Å². The van der Waals surface area contributed by atoms with Gasteiger partial charge < -0.3 is 25.2 Å². The fourth-order valence-electron chi connectivity index (χ4n) is 4.40. The van der Waals surface area contributed by atoms with Crippen molar-refractivity contribution in [2.75, 3.05) is 13.2 Å². The second kappa shape index (κ2) is 9.40. The maximum absolute atomic E-state index is 12.6. The molecule has 1 fully saturated rings. The Morgan fingerprint density at radius 2 is 1.72 bits per heavy atom. The zero-order valence-corrected chi connectivity index (χ0v) is 17.7. The molecule has 2 aliphatic rings. The Balaban J connectivity index is 1.36. The lowest BCUT2D eigenvalue weighted by Gasteiger charge is -2.22. The summed E-state index contributed by atoms with van der Waals surface area (Å²) in [7, 11) is 0. The molecule has 2 aromatic rings. The van der Waals surface area contributed by atoms with Crippen LogP contribution in [-0.2, 0) is 19.1 Å². The third-order valence-electron chi connectivity index (χ3n) is 6.02. The van der Waals surface area contributed by atoms with Gasteiger partial charge in [-0.25, -0.2) is 9.59 Å². The average Bonchev–Trinajstić information content (AvgIpc) is 3.38. The van der Waals surface area contributed by atoms with Gasteiger partial charge in [0.25, 0.3) is 0 Å². The average molecular weight is 438 g/mol. The summed E-state index contributed by atoms with van der Waals surface area (Å²) in [4.78, 5) is 36.3. The monoisotopic (exact) mass is 438 g/mol. The van der Waals surface area contributed by atoms with Crippen molar-refractivity contribution in [1.29, 1.82) is 0 Å². The third kappa shape index (κ3) is 4.31. The van der Waals surface area contributed by atoms with Crippen LogP contribution >= 0.6 is 0 Å². The number of fused-ring (bicyclic) bond motifs is 3. The molecular formula is C24H26N2O6. The Kier molecular flexibility index (Phi) is 6.41. The summed E-state index contributed by atoms with van der Waals surface area (Å²) in [6, 6.07) is 14.6. The minimum Gasteiger partial charge on any atom is -0.479 e. The lowest BCUT2D eigenvalue weighted by Crippen LogP contribution is -2.52. The van der Waals surface area contributed by atoms with Crippen LogP contribution in [0, 0.1) is 0 Å². The zero-order chi connectivity index (χ0) is 22.7. The number of rotatable bonds is 7. The van der Waals surface area contributed by atoms with Crippen LogP contribution in [0.25, 0.3) is 11.1 Å². The van der Waals surface area contributed by atoms with Crippen molar-refractivity contribution in [3.8, 4) is 11.1 Å². The number of aliphatic carboxylic acids is 1. The molecule has 0 radical (unpaired) electrons. The largest absolute Gasteiger partial charge is 0.479 e. The standard InChI is InChI=1S/C24H26N2O6/c1-2-19(22(27)25-20-11-12-31-21(20)23(28)29)26-24(30)32-13-18-16-9-5-3-7-14(16)15-8-4-6-10-17(15)18/h3-10,18-21H,2,11-13H2,1H3,(H,25,27)(H,26,30)(H,28,29)/t19-,20?,21?/m1/s1. The zero-order valence-electron chi connectivity index (χ0n) is 17.7. The van der Waals surface area contributed by atoms with Gasteiger partial charge in [0.2, 0.25) is 5.91 Å². The van der Waals surface area contributed by atoms with Gasteiger partial charge in [-0.05, 0) is 35.1 Å². The lowest BCUT2D eigenvalue weighted by atomic mass is 9.98. The van der Waals surface area contributed by atoms with E-state index >= 15 is 0 Å². The number of hydrogen-bond acceptors (Lipinski definition) is 5. The van der Waals surface area contributed by atoms with E-state index in [0.29, 0.717) is 12.8 Å². The third-order valence-corrected chi connectivity index (χ3v) is 6.02. The Morgan fingerprint density at radius 1 is 1.09 bits per heavy atom. The van der Waals surface area contributed by atoms with E-state index < -0.39 is 36.2 Å². The number of ether oxygens (including phenoxy) is 2. The first-order valence-corrected chi connectivity index (χ1v) is 10.8. The van der Waals surface area contributed by atoms with Crippen molar-refractivity contribution in [3.63, 3.8) is 0 Å². The number of nitrogens with one attached hydrogen (secondary N) is 2. The van der Waals surface area contributed by atoms with Crippen LogP contribution in [0.15, 0.2) is 48.5 Å². The van der Waals surface area contributed by atoms with E-state index in [1.807, 2.05) is 36.4 Å². The van der Waals surface area contributed by atoms with Gasteiger partial charge in [-0.1, -0.05) is 55.5 Å². The number of carbonyl (C=O) groups is 3. The van der Waals surface area contributed by atoms with Crippen molar-refractivity contribution < 1.29 is 29.0 Å². The molecule has 0 bridgehead atoms. The summed E-state index contributed by atoms with van der Waals surface area (Å²) in [5, 5.41) is 14.5. The molecule has 8 nitrogen and oxygen atoms in total. The van der Waals surface area contributed by atoms with Crippen LogP contribution in [-0.4, -0.2) is 54.5 Å². The molecule has 1 heterocycles. The molecule has 1 aliphatic heterocycles. The highest BCUT2D eigenvalue weighted by Gasteiger charge is 2.36. The van der Waals surface area contributed by atoms with Crippen molar-refractivity contribution in [1.82, 2.24) is 10.6 Å². The summed E-state index contributed by atoms with van der Waals surface area (Å²) < 4.78 is 10.7. The van der Waals surface area contributed by atoms with Crippen LogP contribution in [0.3, 0.4) is 0 Å². The summed E-state index contributed by atoms with van der Waals surface area (Å²) >= 11 is 0. The predicted octanol–water partition coefficient (Wildman–Crippen LogP) is 2.66. The highest BCUT2D eigenvalue weighted by molar-refractivity contribution is 5.86. The number of alkyl carbamates (subject to hydrolysis) is 1. The van der Waals surface area contributed by atoms with Crippen molar-refractivity contribution in [3.05, 3.63) is 59.7 Å². The van der Waals surface area contributed by atoms with E-state index in [1.165, 1.54) is 0 Å². The maximum Gasteiger partial charge on any atom is 0.407 e. The molecule has 8 heteroatoms. The smallest absolute Gasteiger partial charge is 0.407 e. The Labute approximate surface area is 185 Å². The van der Waals surface area contributed by atoms with Crippen LogP contribution < -0.4 is 10.6 Å².